The number of likely N-dealkylation sites (N-methyl/N-ethyl adjacent to an activating group) is 1. The maximum Gasteiger partial charge on any atom is 0.140 e. The van der Waals surface area contributed by atoms with Crippen molar-refractivity contribution in [3.8, 4) is 0 Å². The molecule has 2 rings (SSSR count). The van der Waals surface area contributed by atoms with Gasteiger partial charge in [0, 0.05) is 24.5 Å². The Morgan fingerprint density at radius 2 is 2.24 bits per heavy atom. The van der Waals surface area contributed by atoms with Crippen LogP contribution in [0.15, 0.2) is 12.4 Å². The fourth-order valence-electron chi connectivity index (χ4n) is 1.72. The first-order chi connectivity index (χ1) is 8.17. The minimum atomic E-state index is 0.276. The Balaban J connectivity index is 2.49. The lowest BCUT2D eigenvalue weighted by Gasteiger charge is -2.24. The van der Waals surface area contributed by atoms with Crippen LogP contribution in [0.25, 0.3) is 10.2 Å². The van der Waals surface area contributed by atoms with Crippen LogP contribution in [-0.4, -0.2) is 29.6 Å². The number of nitrogens with two attached hydrogens (primary N) is 1. The van der Waals surface area contributed by atoms with E-state index in [2.05, 4.69) is 34.8 Å². The predicted molar refractivity (Wildman–Crippen MR) is 73.7 cm³/mol. The number of fused-ring (bicyclic) bond motifs is 1. The van der Waals surface area contributed by atoms with Gasteiger partial charge < -0.3 is 10.6 Å². The van der Waals surface area contributed by atoms with Crippen molar-refractivity contribution in [2.75, 3.05) is 18.5 Å². The first kappa shape index (κ1) is 12.3. The average molecular weight is 250 g/mol. The monoisotopic (exact) mass is 250 g/mol. The molecule has 5 heteroatoms. The Labute approximate surface area is 105 Å². The fourth-order valence-corrected chi connectivity index (χ4v) is 2.64. The molecular formula is C12H18N4S. The van der Waals surface area contributed by atoms with Gasteiger partial charge in [0.2, 0.25) is 0 Å². The van der Waals surface area contributed by atoms with Crippen molar-refractivity contribution >= 4 is 27.4 Å². The van der Waals surface area contributed by atoms with Gasteiger partial charge >= 0.3 is 0 Å². The third-order valence-electron chi connectivity index (χ3n) is 3.04. The van der Waals surface area contributed by atoms with E-state index in [1.165, 1.54) is 4.88 Å². The summed E-state index contributed by atoms with van der Waals surface area (Å²) in [7, 11) is 2.03. The number of hydrogen-bond acceptors (Lipinski definition) is 5. The molecule has 17 heavy (non-hydrogen) atoms. The molecule has 2 N–H and O–H groups in total. The van der Waals surface area contributed by atoms with Gasteiger partial charge in [0.25, 0.3) is 0 Å². The van der Waals surface area contributed by atoms with Crippen LogP contribution in [0.4, 0.5) is 5.82 Å². The van der Waals surface area contributed by atoms with E-state index in [0.717, 1.165) is 22.5 Å². The lowest BCUT2D eigenvalue weighted by Crippen LogP contribution is -2.35. The fraction of sp³-hybridized carbons (Fsp3) is 0.500. The highest BCUT2D eigenvalue weighted by Crippen LogP contribution is 2.30. The molecule has 2 aromatic rings. The van der Waals surface area contributed by atoms with E-state index in [0.29, 0.717) is 6.54 Å². The van der Waals surface area contributed by atoms with Gasteiger partial charge in [-0.05, 0) is 19.4 Å². The summed E-state index contributed by atoms with van der Waals surface area (Å²) < 4.78 is 0. The van der Waals surface area contributed by atoms with Gasteiger partial charge in [0.15, 0.2) is 0 Å². The Morgan fingerprint density at radius 3 is 2.88 bits per heavy atom. The van der Waals surface area contributed by atoms with Crippen LogP contribution in [0.5, 0.6) is 0 Å². The first-order valence-electron chi connectivity index (χ1n) is 5.83. The van der Waals surface area contributed by atoms with Gasteiger partial charge in [-0.25, -0.2) is 9.97 Å². The van der Waals surface area contributed by atoms with E-state index in [9.17, 15) is 0 Å². The van der Waals surface area contributed by atoms with Crippen LogP contribution in [0.2, 0.25) is 0 Å². The zero-order valence-electron chi connectivity index (χ0n) is 10.5. The van der Waals surface area contributed by atoms with Crippen molar-refractivity contribution in [2.45, 2.75) is 26.3 Å². The largest absolute Gasteiger partial charge is 0.355 e. The molecule has 0 radical (unpaired) electrons. The lowest BCUT2D eigenvalue weighted by molar-refractivity contribution is 0.689. The highest BCUT2D eigenvalue weighted by Gasteiger charge is 2.14. The molecule has 0 saturated carbocycles. The number of aryl methyl sites for hydroxylation is 1. The van der Waals surface area contributed by atoms with Gasteiger partial charge in [-0.1, -0.05) is 6.92 Å². The highest BCUT2D eigenvalue weighted by atomic mass is 32.1. The normalized spacial score (nSPS) is 12.9. The van der Waals surface area contributed by atoms with E-state index in [-0.39, 0.29) is 6.04 Å². The number of nitrogens with zero attached hydrogens (tertiary/aromatic N) is 3. The summed E-state index contributed by atoms with van der Waals surface area (Å²) in [4.78, 5) is 13.2. The third-order valence-corrected chi connectivity index (χ3v) is 4.23. The molecule has 1 unspecified atom stereocenters. The zero-order chi connectivity index (χ0) is 12.4. The minimum Gasteiger partial charge on any atom is -0.355 e. The number of hydrogen-bond donors (Lipinski definition) is 1. The van der Waals surface area contributed by atoms with Gasteiger partial charge in [-0.2, -0.15) is 0 Å². The smallest absolute Gasteiger partial charge is 0.140 e. The molecule has 0 amide bonds. The van der Waals surface area contributed by atoms with Crippen molar-refractivity contribution in [3.63, 3.8) is 0 Å². The topological polar surface area (TPSA) is 55.0 Å². The van der Waals surface area contributed by atoms with Crippen LogP contribution < -0.4 is 10.6 Å². The van der Waals surface area contributed by atoms with Crippen LogP contribution in [0.3, 0.4) is 0 Å². The second-order valence-corrected chi connectivity index (χ2v) is 5.29. The number of aromatic nitrogens is 2. The molecule has 0 fully saturated rings. The molecule has 0 spiro atoms. The maximum absolute atomic E-state index is 5.70. The third kappa shape index (κ3) is 2.25. The van der Waals surface area contributed by atoms with Gasteiger partial charge in [-0.15, -0.1) is 11.3 Å². The second-order valence-electron chi connectivity index (χ2n) is 4.18. The molecule has 0 bridgehead atoms. The predicted octanol–water partition coefficient (Wildman–Crippen LogP) is 2.04. The Morgan fingerprint density at radius 1 is 1.47 bits per heavy atom. The molecule has 2 aromatic heterocycles. The van der Waals surface area contributed by atoms with Crippen molar-refractivity contribution < 1.29 is 0 Å². The van der Waals surface area contributed by atoms with Crippen LogP contribution >= 0.6 is 11.3 Å². The molecule has 0 aliphatic carbocycles. The highest BCUT2D eigenvalue weighted by molar-refractivity contribution is 7.18. The van der Waals surface area contributed by atoms with Gasteiger partial charge in [0.05, 0.1) is 5.39 Å². The van der Waals surface area contributed by atoms with Crippen molar-refractivity contribution in [1.82, 2.24) is 9.97 Å². The van der Waals surface area contributed by atoms with Crippen LogP contribution in [0, 0.1) is 0 Å². The Hall–Kier alpha value is -1.20. The summed E-state index contributed by atoms with van der Waals surface area (Å²) in [6, 6.07) is 2.47. The van der Waals surface area contributed by atoms with E-state index in [1.54, 1.807) is 17.7 Å². The van der Waals surface area contributed by atoms with Gasteiger partial charge in [-0.3, -0.25) is 0 Å². The van der Waals surface area contributed by atoms with E-state index in [4.69, 9.17) is 5.73 Å². The number of anilines is 1. The molecule has 0 aliphatic rings. The van der Waals surface area contributed by atoms with Crippen molar-refractivity contribution in [2.24, 2.45) is 5.73 Å². The van der Waals surface area contributed by atoms with Crippen LogP contribution in [-0.2, 0) is 6.42 Å². The van der Waals surface area contributed by atoms with E-state index < -0.39 is 0 Å². The van der Waals surface area contributed by atoms with Crippen LogP contribution in [0.1, 0.15) is 18.7 Å². The first-order valence-corrected chi connectivity index (χ1v) is 6.65. The Kier molecular flexibility index (Phi) is 3.59. The van der Waals surface area contributed by atoms with Gasteiger partial charge in [0.1, 0.15) is 17.0 Å². The maximum atomic E-state index is 5.70. The van der Waals surface area contributed by atoms with E-state index in [1.807, 2.05) is 7.05 Å². The molecule has 1 atom stereocenters. The second kappa shape index (κ2) is 4.98. The molecule has 0 aliphatic heterocycles. The summed E-state index contributed by atoms with van der Waals surface area (Å²) in [6.07, 6.45) is 2.67. The molecule has 0 saturated heterocycles. The average Bonchev–Trinajstić information content (AvgIpc) is 2.79. The van der Waals surface area contributed by atoms with Crippen molar-refractivity contribution in [3.05, 3.63) is 17.3 Å². The minimum absolute atomic E-state index is 0.276. The number of thiophene rings is 1. The summed E-state index contributed by atoms with van der Waals surface area (Å²) in [5, 5.41) is 1.14. The summed E-state index contributed by atoms with van der Waals surface area (Å²) in [5.74, 6) is 0.976. The van der Waals surface area contributed by atoms with E-state index >= 15 is 0 Å². The molecule has 0 aromatic carbocycles. The summed E-state index contributed by atoms with van der Waals surface area (Å²) in [6.45, 7) is 4.87. The summed E-state index contributed by atoms with van der Waals surface area (Å²) in [5.41, 5.74) is 5.70. The SMILES string of the molecule is CCc1cc2c(N(C)C(C)CN)ncnc2s1. The van der Waals surface area contributed by atoms with Crippen molar-refractivity contribution in [1.29, 1.82) is 0 Å². The molecule has 4 nitrogen and oxygen atoms in total. The zero-order valence-corrected chi connectivity index (χ0v) is 11.3. The summed E-state index contributed by atoms with van der Waals surface area (Å²) >= 11 is 1.74. The quantitative estimate of drug-likeness (QED) is 0.902. The number of rotatable bonds is 4. The Bertz CT molecular complexity index is 508. The molecular weight excluding hydrogens is 232 g/mol. The molecule has 92 valence electrons. The molecule has 2 heterocycles. The lowest BCUT2D eigenvalue weighted by atomic mass is 10.2. The standard InChI is InChI=1S/C12H18N4S/c1-4-9-5-10-11(16(3)8(2)6-13)14-7-15-12(10)17-9/h5,7-8H,4,6,13H2,1-3H3.